The van der Waals surface area contributed by atoms with Gasteiger partial charge in [0.25, 0.3) is 5.56 Å². The number of nitrogens with one attached hydrogen (secondary N) is 1. The van der Waals surface area contributed by atoms with Crippen molar-refractivity contribution in [2.75, 3.05) is 0 Å². The smallest absolute Gasteiger partial charge is 0.263 e. The van der Waals surface area contributed by atoms with Gasteiger partial charge in [0, 0.05) is 14.5 Å². The number of fused-ring (bicyclic) bond motifs is 3. The van der Waals surface area contributed by atoms with Crippen LogP contribution < -0.4 is 5.56 Å². The van der Waals surface area contributed by atoms with E-state index in [1.54, 1.807) is 4.40 Å². The third kappa shape index (κ3) is 2.25. The van der Waals surface area contributed by atoms with Gasteiger partial charge in [-0.2, -0.15) is 0 Å². The summed E-state index contributed by atoms with van der Waals surface area (Å²) in [6, 6.07) is 3.88. The summed E-state index contributed by atoms with van der Waals surface area (Å²) in [7, 11) is 0. The third-order valence-corrected chi connectivity index (χ3v) is 5.48. The van der Waals surface area contributed by atoms with Crippen LogP contribution in [-0.4, -0.2) is 14.4 Å². The molecule has 0 atom stereocenters. The second kappa shape index (κ2) is 5.25. The van der Waals surface area contributed by atoms with Crippen LogP contribution in [0.25, 0.3) is 16.8 Å². The van der Waals surface area contributed by atoms with Crippen LogP contribution in [0, 0.1) is 0 Å². The number of benzene rings is 1. The molecule has 0 bridgehead atoms. The van der Waals surface area contributed by atoms with Crippen molar-refractivity contribution in [1.82, 2.24) is 14.4 Å². The Kier molecular flexibility index (Phi) is 3.69. The van der Waals surface area contributed by atoms with Crippen LogP contribution in [0.1, 0.15) is 37.9 Å². The van der Waals surface area contributed by atoms with Crippen LogP contribution >= 0.6 is 31.9 Å². The number of nitrogens with zero attached hydrogens (tertiary/aromatic N) is 2. The summed E-state index contributed by atoms with van der Waals surface area (Å²) in [5.74, 6) is 0.823. The van der Waals surface area contributed by atoms with Crippen LogP contribution in [0.15, 0.2) is 25.9 Å². The van der Waals surface area contributed by atoms with Gasteiger partial charge in [-0.25, -0.2) is 9.38 Å². The number of H-pyrrole nitrogens is 1. The van der Waals surface area contributed by atoms with Gasteiger partial charge in [0.2, 0.25) is 5.78 Å². The minimum absolute atomic E-state index is 0.0201. The molecule has 0 radical (unpaired) electrons. The number of aromatic nitrogens is 3. The Morgan fingerprint density at radius 2 is 1.95 bits per heavy atom. The molecule has 3 rings (SSSR count). The molecule has 0 aliphatic heterocycles. The molecule has 0 aliphatic carbocycles. The van der Waals surface area contributed by atoms with Crippen LogP contribution in [0.5, 0.6) is 0 Å². The second-order valence-electron chi connectivity index (χ2n) is 5.36. The van der Waals surface area contributed by atoms with Gasteiger partial charge in [-0.15, -0.1) is 0 Å². The number of rotatable bonds is 2. The molecule has 0 saturated carbocycles. The molecule has 2 aromatic heterocycles. The van der Waals surface area contributed by atoms with Gasteiger partial charge in [-0.05, 0) is 56.3 Å². The Labute approximate surface area is 138 Å². The van der Waals surface area contributed by atoms with E-state index in [1.807, 2.05) is 19.1 Å². The molecule has 0 saturated heterocycles. The van der Waals surface area contributed by atoms with Crippen molar-refractivity contribution in [2.45, 2.75) is 33.1 Å². The molecule has 2 heterocycles. The second-order valence-corrected chi connectivity index (χ2v) is 7.07. The van der Waals surface area contributed by atoms with Crippen molar-refractivity contribution in [3.8, 4) is 0 Å². The zero-order valence-corrected chi connectivity index (χ0v) is 15.2. The van der Waals surface area contributed by atoms with Crippen molar-refractivity contribution in [3.63, 3.8) is 0 Å². The highest BCUT2D eigenvalue weighted by molar-refractivity contribution is 9.13. The molecule has 21 heavy (non-hydrogen) atoms. The Morgan fingerprint density at radius 1 is 1.29 bits per heavy atom. The topological polar surface area (TPSA) is 50.2 Å². The van der Waals surface area contributed by atoms with Crippen LogP contribution in [0.4, 0.5) is 0 Å². The molecular formula is C15H15Br2N3O. The fourth-order valence-electron chi connectivity index (χ4n) is 2.63. The molecule has 0 spiro atoms. The quantitative estimate of drug-likeness (QED) is 0.678. The van der Waals surface area contributed by atoms with E-state index in [-0.39, 0.29) is 11.5 Å². The highest BCUT2D eigenvalue weighted by Crippen LogP contribution is 2.28. The fraction of sp³-hybridized carbons (Fsp3) is 0.333. The first-order valence-corrected chi connectivity index (χ1v) is 8.44. The highest BCUT2D eigenvalue weighted by atomic mass is 79.9. The Bertz CT molecular complexity index is 909. The van der Waals surface area contributed by atoms with E-state index in [0.29, 0.717) is 12.2 Å². The van der Waals surface area contributed by atoms with E-state index in [0.717, 1.165) is 31.2 Å². The number of hydrogen-bond acceptors (Lipinski definition) is 2. The lowest BCUT2D eigenvalue weighted by Crippen LogP contribution is -2.22. The number of imidazole rings is 1. The molecule has 6 heteroatoms. The maximum absolute atomic E-state index is 12.8. The first kappa shape index (κ1) is 14.8. The molecule has 4 nitrogen and oxygen atoms in total. The molecular weight excluding hydrogens is 398 g/mol. The van der Waals surface area contributed by atoms with E-state index in [9.17, 15) is 4.79 Å². The molecule has 0 aliphatic rings. The lowest BCUT2D eigenvalue weighted by atomic mass is 10.0. The van der Waals surface area contributed by atoms with Gasteiger partial charge < -0.3 is 4.98 Å². The number of aromatic amines is 1. The summed E-state index contributed by atoms with van der Waals surface area (Å²) in [6.07, 6.45) is 0.687. The summed E-state index contributed by atoms with van der Waals surface area (Å²) in [5.41, 5.74) is 3.42. The average Bonchev–Trinajstić information content (AvgIpc) is 2.76. The summed E-state index contributed by atoms with van der Waals surface area (Å²) in [4.78, 5) is 20.7. The summed E-state index contributed by atoms with van der Waals surface area (Å²) in [5, 5.41) is 0. The van der Waals surface area contributed by atoms with E-state index < -0.39 is 0 Å². The monoisotopic (exact) mass is 411 g/mol. The Hall–Kier alpha value is -1.14. The molecule has 1 aromatic carbocycles. The maximum atomic E-state index is 12.8. The first-order valence-electron chi connectivity index (χ1n) is 6.86. The minimum atomic E-state index is 0.0201. The van der Waals surface area contributed by atoms with Crippen molar-refractivity contribution < 1.29 is 0 Å². The van der Waals surface area contributed by atoms with E-state index in [2.05, 4.69) is 55.7 Å². The van der Waals surface area contributed by atoms with Gasteiger partial charge in [0.15, 0.2) is 0 Å². The van der Waals surface area contributed by atoms with Gasteiger partial charge in [0.05, 0.1) is 16.7 Å². The van der Waals surface area contributed by atoms with Crippen molar-refractivity contribution >= 4 is 48.7 Å². The summed E-state index contributed by atoms with van der Waals surface area (Å²) in [6.45, 7) is 6.12. The van der Waals surface area contributed by atoms with Gasteiger partial charge in [-0.1, -0.05) is 20.8 Å². The lowest BCUT2D eigenvalue weighted by molar-refractivity contribution is 0.783. The van der Waals surface area contributed by atoms with Crippen molar-refractivity contribution in [1.29, 1.82) is 0 Å². The summed E-state index contributed by atoms with van der Waals surface area (Å²) < 4.78 is 3.51. The zero-order valence-electron chi connectivity index (χ0n) is 12.0. The van der Waals surface area contributed by atoms with E-state index in [4.69, 9.17) is 0 Å². The molecule has 110 valence electrons. The molecule has 1 N–H and O–H groups in total. The van der Waals surface area contributed by atoms with Crippen LogP contribution in [0.2, 0.25) is 0 Å². The number of hydrogen-bond donors (Lipinski definition) is 1. The molecule has 3 aromatic rings. The Balaban J connectivity index is 2.52. The Morgan fingerprint density at radius 3 is 2.57 bits per heavy atom. The predicted octanol–water partition coefficient (Wildman–Crippen LogP) is 4.39. The highest BCUT2D eigenvalue weighted by Gasteiger charge is 2.17. The van der Waals surface area contributed by atoms with Crippen LogP contribution in [-0.2, 0) is 6.42 Å². The average molecular weight is 413 g/mol. The van der Waals surface area contributed by atoms with E-state index in [1.165, 1.54) is 0 Å². The van der Waals surface area contributed by atoms with Gasteiger partial charge >= 0.3 is 0 Å². The molecule has 0 fully saturated rings. The minimum Gasteiger partial charge on any atom is -0.323 e. The fourth-order valence-corrected chi connectivity index (χ4v) is 3.31. The molecule has 0 amide bonds. The SMILES string of the molecule is CCc1c(C(C)C)nc2[nH]c3cc(Br)c(Br)cc3n2c1=O. The van der Waals surface area contributed by atoms with E-state index >= 15 is 0 Å². The zero-order chi connectivity index (χ0) is 15.3. The predicted molar refractivity (Wildman–Crippen MR) is 92.2 cm³/mol. The summed E-state index contributed by atoms with van der Waals surface area (Å²) >= 11 is 6.97. The molecule has 0 unspecified atom stereocenters. The third-order valence-electron chi connectivity index (χ3n) is 3.64. The van der Waals surface area contributed by atoms with Crippen molar-refractivity contribution in [3.05, 3.63) is 42.7 Å². The normalized spacial score (nSPS) is 11.9. The van der Waals surface area contributed by atoms with Crippen LogP contribution in [0.3, 0.4) is 0 Å². The van der Waals surface area contributed by atoms with Crippen molar-refractivity contribution in [2.24, 2.45) is 0 Å². The maximum Gasteiger partial charge on any atom is 0.263 e. The largest absolute Gasteiger partial charge is 0.323 e. The first-order chi connectivity index (χ1) is 9.93. The van der Waals surface area contributed by atoms with Gasteiger partial charge in [0.1, 0.15) is 0 Å². The number of halogens is 2. The van der Waals surface area contributed by atoms with Gasteiger partial charge in [-0.3, -0.25) is 4.79 Å². The lowest BCUT2D eigenvalue weighted by Gasteiger charge is -2.10. The standard InChI is InChI=1S/C15H15Br2N3O/c1-4-8-13(7(2)3)19-15-18-11-5-9(16)10(17)6-12(11)20(15)14(8)21/h5-7H,4H2,1-3H3,(H,18,19).